The van der Waals surface area contributed by atoms with E-state index in [0.717, 1.165) is 6.92 Å². The lowest BCUT2D eigenvalue weighted by molar-refractivity contribution is -0.237. The van der Waals surface area contributed by atoms with Crippen molar-refractivity contribution in [1.29, 1.82) is 0 Å². The van der Waals surface area contributed by atoms with E-state index in [4.69, 9.17) is 16.2 Å². The highest BCUT2D eigenvalue weighted by Crippen LogP contribution is 2.27. The number of nitrogens with one attached hydrogen (secondary N) is 1. The van der Waals surface area contributed by atoms with Gasteiger partial charge in [0.25, 0.3) is 0 Å². The Hall–Kier alpha value is -2.32. The Morgan fingerprint density at radius 3 is 2.21 bits per heavy atom. The van der Waals surface area contributed by atoms with Crippen molar-refractivity contribution in [3.8, 4) is 0 Å². The first-order valence-electron chi connectivity index (χ1n) is 8.90. The third kappa shape index (κ3) is 6.08. The highest BCUT2D eigenvalue weighted by molar-refractivity contribution is 5.87. The second kappa shape index (κ2) is 10.5. The van der Waals surface area contributed by atoms with Gasteiger partial charge in [0.15, 0.2) is 6.23 Å². The molecule has 13 nitrogen and oxygen atoms in total. The number of hydrogen-bond donors (Lipinski definition) is 7. The van der Waals surface area contributed by atoms with E-state index in [9.17, 15) is 39.6 Å². The third-order valence-corrected chi connectivity index (χ3v) is 4.47. The Morgan fingerprint density at radius 1 is 1.21 bits per heavy atom. The van der Waals surface area contributed by atoms with Crippen LogP contribution in [0.4, 0.5) is 0 Å². The van der Waals surface area contributed by atoms with Gasteiger partial charge in [-0.1, -0.05) is 0 Å². The van der Waals surface area contributed by atoms with E-state index in [0.29, 0.717) is 4.90 Å². The number of amides is 3. The van der Waals surface area contributed by atoms with Crippen molar-refractivity contribution < 1.29 is 44.3 Å². The molecule has 1 rings (SSSR count). The van der Waals surface area contributed by atoms with Crippen molar-refractivity contribution in [1.82, 2.24) is 10.2 Å². The molecule has 1 fully saturated rings. The highest BCUT2D eigenvalue weighted by atomic mass is 16.5. The number of carboxylic acid groups (broad SMARTS) is 1. The summed E-state index contributed by atoms with van der Waals surface area (Å²) < 4.78 is 5.50. The molecule has 0 saturated carbocycles. The fourth-order valence-electron chi connectivity index (χ4n) is 3.08. The van der Waals surface area contributed by atoms with E-state index in [1.807, 2.05) is 0 Å². The molecule has 1 aliphatic heterocycles. The Balaban J connectivity index is 3.46. The summed E-state index contributed by atoms with van der Waals surface area (Å²) in [5.74, 6) is -3.89. The van der Waals surface area contributed by atoms with Gasteiger partial charge >= 0.3 is 5.97 Å². The topological polar surface area (TPSA) is 226 Å². The molecule has 0 aromatic carbocycles. The first kappa shape index (κ1) is 24.7. The number of nitrogens with zero attached hydrogens (tertiary/aromatic N) is 1. The van der Waals surface area contributed by atoms with Crippen LogP contribution in [0.15, 0.2) is 0 Å². The molecule has 29 heavy (non-hydrogen) atoms. The van der Waals surface area contributed by atoms with E-state index < -0.39 is 79.4 Å². The van der Waals surface area contributed by atoms with Crippen molar-refractivity contribution in [3.63, 3.8) is 0 Å². The maximum atomic E-state index is 12.8. The van der Waals surface area contributed by atoms with Crippen LogP contribution in [0.5, 0.6) is 0 Å². The molecule has 9 N–H and O–H groups in total. The van der Waals surface area contributed by atoms with Gasteiger partial charge in [-0.3, -0.25) is 19.3 Å². The molecule has 166 valence electrons. The second-order valence-electron chi connectivity index (χ2n) is 6.85. The van der Waals surface area contributed by atoms with E-state index in [-0.39, 0.29) is 6.42 Å². The number of carboxylic acids is 1. The van der Waals surface area contributed by atoms with E-state index in [1.54, 1.807) is 0 Å². The van der Waals surface area contributed by atoms with Gasteiger partial charge in [-0.15, -0.1) is 0 Å². The highest BCUT2D eigenvalue weighted by Gasteiger charge is 2.50. The Kier molecular flexibility index (Phi) is 8.91. The Morgan fingerprint density at radius 2 is 1.79 bits per heavy atom. The molecule has 3 amide bonds. The minimum atomic E-state index is -1.70. The number of aliphatic hydroxyl groups excluding tert-OH is 3. The minimum absolute atomic E-state index is 0.383. The molecule has 0 aromatic rings. The van der Waals surface area contributed by atoms with Crippen molar-refractivity contribution in [2.24, 2.45) is 11.5 Å². The molecule has 0 radical (unpaired) electrons. The predicted octanol–water partition coefficient (Wildman–Crippen LogP) is -4.18. The van der Waals surface area contributed by atoms with Crippen molar-refractivity contribution in [3.05, 3.63) is 0 Å². The van der Waals surface area contributed by atoms with Crippen molar-refractivity contribution in [2.45, 2.75) is 69.4 Å². The lowest BCUT2D eigenvalue weighted by Crippen LogP contribution is -2.71. The first-order chi connectivity index (χ1) is 13.4. The van der Waals surface area contributed by atoms with Gasteiger partial charge in [0.2, 0.25) is 17.7 Å². The minimum Gasteiger partial charge on any atom is -0.480 e. The van der Waals surface area contributed by atoms with Gasteiger partial charge in [0.05, 0.1) is 12.6 Å². The molecule has 1 saturated heterocycles. The fraction of sp³-hybridized carbons (Fsp3) is 0.750. The summed E-state index contributed by atoms with van der Waals surface area (Å²) in [5, 5.41) is 41.9. The van der Waals surface area contributed by atoms with E-state index in [2.05, 4.69) is 5.32 Å². The SMILES string of the molecule is CC(=O)N[C@H]1C(N(C(=O)[C@H](C)N)[C@H](CCC(N)=O)C(=O)O)O[C@H](CO)[C@@H](O)[C@@H]1O. The molecule has 0 spiro atoms. The number of carbonyl (C=O) groups is 4. The number of rotatable bonds is 9. The molecule has 1 heterocycles. The predicted molar refractivity (Wildman–Crippen MR) is 95.7 cm³/mol. The van der Waals surface area contributed by atoms with E-state index in [1.165, 1.54) is 6.92 Å². The maximum absolute atomic E-state index is 12.8. The van der Waals surface area contributed by atoms with Crippen LogP contribution in [-0.4, -0.2) is 98.3 Å². The van der Waals surface area contributed by atoms with Crippen LogP contribution >= 0.6 is 0 Å². The van der Waals surface area contributed by atoms with Crippen molar-refractivity contribution >= 4 is 23.7 Å². The number of ether oxygens (including phenoxy) is 1. The third-order valence-electron chi connectivity index (χ3n) is 4.47. The molecule has 13 heteroatoms. The molecule has 7 atom stereocenters. The molecule has 1 aliphatic rings. The number of carbonyl (C=O) groups excluding carboxylic acids is 3. The lowest BCUT2D eigenvalue weighted by Gasteiger charge is -2.48. The van der Waals surface area contributed by atoms with Crippen LogP contribution in [0.1, 0.15) is 26.7 Å². The number of hydrogen-bond acceptors (Lipinski definition) is 9. The van der Waals surface area contributed by atoms with Crippen LogP contribution in [0.2, 0.25) is 0 Å². The fourth-order valence-corrected chi connectivity index (χ4v) is 3.08. The summed E-state index contributed by atoms with van der Waals surface area (Å²) in [5.41, 5.74) is 10.7. The normalized spacial score (nSPS) is 28.8. The number of primary amides is 1. The quantitative estimate of drug-likeness (QED) is 0.190. The zero-order valence-electron chi connectivity index (χ0n) is 16.1. The standard InChI is InChI=1S/C16H28N4O9/c1-6(17)14(26)20(8(16(27)28)3-4-10(18)23)15-11(19-7(2)22)13(25)12(24)9(5-21)29-15/h6,8-9,11-13,15,21,24-25H,3-5,17H2,1-2H3,(H2,18,23)(H,19,22)(H,27,28)/t6-,8+,9+,11+,12+,13+,15?/m0/s1. The summed E-state index contributed by atoms with van der Waals surface area (Å²) in [6.45, 7) is 1.63. The largest absolute Gasteiger partial charge is 0.480 e. The van der Waals surface area contributed by atoms with Gasteiger partial charge in [0.1, 0.15) is 30.4 Å². The molecular formula is C16H28N4O9. The Bertz CT molecular complexity index is 630. The monoisotopic (exact) mass is 420 g/mol. The number of aliphatic carboxylic acids is 1. The Labute approximate surface area is 166 Å². The van der Waals surface area contributed by atoms with Gasteiger partial charge in [0, 0.05) is 13.3 Å². The molecule has 0 bridgehead atoms. The zero-order valence-corrected chi connectivity index (χ0v) is 16.1. The van der Waals surface area contributed by atoms with Gasteiger partial charge in [-0.05, 0) is 13.3 Å². The number of aliphatic hydroxyl groups is 3. The smallest absolute Gasteiger partial charge is 0.326 e. The first-order valence-corrected chi connectivity index (χ1v) is 8.90. The summed E-state index contributed by atoms with van der Waals surface area (Å²) >= 11 is 0. The van der Waals surface area contributed by atoms with Crippen LogP contribution in [0, 0.1) is 0 Å². The summed E-state index contributed by atoms with van der Waals surface area (Å²) in [6, 6.07) is -4.30. The van der Waals surface area contributed by atoms with E-state index >= 15 is 0 Å². The van der Waals surface area contributed by atoms with Gasteiger partial charge < -0.3 is 41.9 Å². The maximum Gasteiger partial charge on any atom is 0.326 e. The molecule has 1 unspecified atom stereocenters. The molecular weight excluding hydrogens is 392 g/mol. The summed E-state index contributed by atoms with van der Waals surface area (Å²) in [7, 11) is 0. The van der Waals surface area contributed by atoms with Crippen LogP contribution < -0.4 is 16.8 Å². The average Bonchev–Trinajstić information content (AvgIpc) is 2.62. The zero-order chi connectivity index (χ0) is 22.5. The second-order valence-corrected chi connectivity index (χ2v) is 6.85. The average molecular weight is 420 g/mol. The van der Waals surface area contributed by atoms with Crippen molar-refractivity contribution in [2.75, 3.05) is 6.61 Å². The summed E-state index contributed by atoms with van der Waals surface area (Å²) in [4.78, 5) is 48.0. The molecule has 0 aliphatic carbocycles. The summed E-state index contributed by atoms with van der Waals surface area (Å²) in [6.07, 6.45) is -7.10. The van der Waals surface area contributed by atoms with Crippen LogP contribution in [0.25, 0.3) is 0 Å². The van der Waals surface area contributed by atoms with Crippen LogP contribution in [0.3, 0.4) is 0 Å². The van der Waals surface area contributed by atoms with Gasteiger partial charge in [-0.25, -0.2) is 4.79 Å². The van der Waals surface area contributed by atoms with Gasteiger partial charge in [-0.2, -0.15) is 0 Å². The number of nitrogens with two attached hydrogens (primary N) is 2. The molecule has 0 aromatic heterocycles. The lowest BCUT2D eigenvalue weighted by atomic mass is 9.93. The van der Waals surface area contributed by atoms with Crippen LogP contribution in [-0.2, 0) is 23.9 Å².